The normalized spacial score (nSPS) is 10.4. The summed E-state index contributed by atoms with van der Waals surface area (Å²) in [6, 6.07) is 43.1. The molecule has 3 heteroatoms. The zero-order valence-electron chi connectivity index (χ0n) is 17.9. The molecule has 0 unspecified atom stereocenters. The van der Waals surface area contributed by atoms with Crippen LogP contribution in [0.2, 0.25) is 0 Å². The van der Waals surface area contributed by atoms with Crippen LogP contribution in [0.1, 0.15) is 0 Å². The van der Waals surface area contributed by atoms with Gasteiger partial charge in [-0.05, 0) is 71.8 Å². The third-order valence-electron chi connectivity index (χ3n) is 5.00. The number of hydrogen-bond acceptors (Lipinski definition) is 3. The second kappa shape index (κ2) is 9.75. The summed E-state index contributed by atoms with van der Waals surface area (Å²) in [5.74, 6) is 4.57. The first kappa shape index (κ1) is 20.4. The molecule has 0 saturated heterocycles. The lowest BCUT2D eigenvalue weighted by Crippen LogP contribution is -1.88. The van der Waals surface area contributed by atoms with Crippen molar-refractivity contribution in [2.45, 2.75) is 0 Å². The smallest absolute Gasteiger partial charge is 0.131 e. The molecule has 5 aromatic rings. The highest BCUT2D eigenvalue weighted by molar-refractivity contribution is 5.67. The van der Waals surface area contributed by atoms with Gasteiger partial charge in [0, 0.05) is 6.07 Å². The van der Waals surface area contributed by atoms with E-state index in [-0.39, 0.29) is 0 Å². The van der Waals surface area contributed by atoms with Crippen LogP contribution in [-0.4, -0.2) is 0 Å². The van der Waals surface area contributed by atoms with Gasteiger partial charge in [-0.2, -0.15) is 0 Å². The number of para-hydroxylation sites is 2. The van der Waals surface area contributed by atoms with Gasteiger partial charge in [0.15, 0.2) is 0 Å². The van der Waals surface area contributed by atoms with Crippen molar-refractivity contribution >= 4 is 0 Å². The highest BCUT2D eigenvalue weighted by Gasteiger charge is 2.05. The lowest BCUT2D eigenvalue weighted by Gasteiger charge is -2.11. The molecular weight excluding hydrogens is 408 g/mol. The zero-order chi connectivity index (χ0) is 22.3. The van der Waals surface area contributed by atoms with Crippen LogP contribution >= 0.6 is 0 Å². The second-order valence-corrected chi connectivity index (χ2v) is 7.46. The molecule has 33 heavy (non-hydrogen) atoms. The van der Waals surface area contributed by atoms with Crippen molar-refractivity contribution in [3.63, 3.8) is 0 Å². The summed E-state index contributed by atoms with van der Waals surface area (Å²) in [5, 5.41) is 0. The van der Waals surface area contributed by atoms with Crippen LogP contribution in [0.5, 0.6) is 34.5 Å². The lowest BCUT2D eigenvalue weighted by atomic mass is 10.1. The van der Waals surface area contributed by atoms with Gasteiger partial charge < -0.3 is 14.2 Å². The molecule has 160 valence electrons. The number of ether oxygens (including phenoxy) is 3. The Morgan fingerprint density at radius 2 is 0.606 bits per heavy atom. The average Bonchev–Trinajstić information content (AvgIpc) is 2.86. The van der Waals surface area contributed by atoms with E-state index < -0.39 is 0 Å². The number of benzene rings is 5. The Labute approximate surface area is 193 Å². The highest BCUT2D eigenvalue weighted by atomic mass is 16.5. The molecule has 0 N–H and O–H groups in total. The van der Waals surface area contributed by atoms with E-state index in [9.17, 15) is 0 Å². The van der Waals surface area contributed by atoms with E-state index >= 15 is 0 Å². The fourth-order valence-corrected chi connectivity index (χ4v) is 3.46. The summed E-state index contributed by atoms with van der Waals surface area (Å²) in [6.45, 7) is 0. The predicted molar refractivity (Wildman–Crippen MR) is 131 cm³/mol. The van der Waals surface area contributed by atoms with Crippen molar-refractivity contribution in [2.24, 2.45) is 0 Å². The summed E-state index contributed by atoms with van der Waals surface area (Å²) in [7, 11) is 0. The van der Waals surface area contributed by atoms with E-state index in [4.69, 9.17) is 14.2 Å². The minimum absolute atomic E-state index is 0.710. The minimum atomic E-state index is 0.710. The van der Waals surface area contributed by atoms with Crippen LogP contribution in [0.15, 0.2) is 133 Å². The minimum Gasteiger partial charge on any atom is -0.457 e. The van der Waals surface area contributed by atoms with Crippen LogP contribution < -0.4 is 14.2 Å². The molecule has 0 amide bonds. The Kier molecular flexibility index (Phi) is 6.03. The van der Waals surface area contributed by atoms with Crippen LogP contribution in [0.4, 0.5) is 0 Å². The van der Waals surface area contributed by atoms with E-state index in [0.717, 1.165) is 39.9 Å². The average molecular weight is 431 g/mol. The fraction of sp³-hybridized carbons (Fsp3) is 0. The fourth-order valence-electron chi connectivity index (χ4n) is 3.46. The first-order valence-corrected chi connectivity index (χ1v) is 10.8. The van der Waals surface area contributed by atoms with Crippen molar-refractivity contribution in [2.75, 3.05) is 0 Å². The maximum Gasteiger partial charge on any atom is 0.131 e. The molecule has 0 atom stereocenters. The molecule has 0 spiro atoms. The van der Waals surface area contributed by atoms with Gasteiger partial charge in [0.1, 0.15) is 34.5 Å². The topological polar surface area (TPSA) is 27.7 Å². The summed E-state index contributed by atoms with van der Waals surface area (Å²) in [6.07, 6.45) is 0. The molecule has 5 rings (SSSR count). The summed E-state index contributed by atoms with van der Waals surface area (Å²) >= 11 is 0. The Morgan fingerprint density at radius 1 is 0.273 bits per heavy atom. The molecule has 0 aliphatic carbocycles. The van der Waals surface area contributed by atoms with Crippen molar-refractivity contribution < 1.29 is 14.2 Å². The monoisotopic (exact) mass is 430 g/mol. The van der Waals surface area contributed by atoms with Gasteiger partial charge in [-0.25, -0.2) is 0 Å². The molecule has 0 aliphatic rings. The Morgan fingerprint density at radius 3 is 1.06 bits per heavy atom. The first-order chi connectivity index (χ1) is 16.3. The maximum absolute atomic E-state index is 6.13. The standard InChI is InChI=1S/C30H22O3/c1-3-12-25(13-4-1)31-27-16-7-10-23(20-27)24-11-8-17-28(21-24)33-30-19-9-18-29(22-30)32-26-14-5-2-6-15-26/h1-22H. The van der Waals surface area contributed by atoms with E-state index in [2.05, 4.69) is 12.1 Å². The lowest BCUT2D eigenvalue weighted by molar-refractivity contribution is 0.460. The van der Waals surface area contributed by atoms with Crippen LogP contribution in [0, 0.1) is 0 Å². The van der Waals surface area contributed by atoms with Crippen LogP contribution in [-0.2, 0) is 0 Å². The molecule has 5 aromatic carbocycles. The Bertz CT molecular complexity index is 1330. The van der Waals surface area contributed by atoms with Crippen molar-refractivity contribution in [1.82, 2.24) is 0 Å². The molecule has 0 bridgehead atoms. The van der Waals surface area contributed by atoms with Gasteiger partial charge in [-0.15, -0.1) is 0 Å². The van der Waals surface area contributed by atoms with Gasteiger partial charge in [-0.1, -0.05) is 66.7 Å². The SMILES string of the molecule is c1ccc(Oc2cccc(Oc3cccc(-c4cccc(Oc5ccccc5)c4)c3)c2)cc1. The van der Waals surface area contributed by atoms with Crippen LogP contribution in [0.25, 0.3) is 11.1 Å². The van der Waals surface area contributed by atoms with Gasteiger partial charge in [-0.3, -0.25) is 0 Å². The Hall–Kier alpha value is -4.50. The summed E-state index contributed by atoms with van der Waals surface area (Å²) in [5.41, 5.74) is 2.10. The molecule has 3 nitrogen and oxygen atoms in total. The van der Waals surface area contributed by atoms with Gasteiger partial charge in [0.05, 0.1) is 0 Å². The maximum atomic E-state index is 6.13. The molecule has 0 fully saturated rings. The zero-order valence-corrected chi connectivity index (χ0v) is 17.9. The molecule has 0 radical (unpaired) electrons. The third kappa shape index (κ3) is 5.41. The van der Waals surface area contributed by atoms with E-state index in [0.29, 0.717) is 5.75 Å². The molecule has 0 aliphatic heterocycles. The van der Waals surface area contributed by atoms with Crippen molar-refractivity contribution in [3.05, 3.63) is 133 Å². The quantitative estimate of drug-likeness (QED) is 0.258. The Balaban J connectivity index is 1.33. The molecular formula is C30H22O3. The molecule has 0 saturated carbocycles. The van der Waals surface area contributed by atoms with Gasteiger partial charge >= 0.3 is 0 Å². The third-order valence-corrected chi connectivity index (χ3v) is 5.00. The van der Waals surface area contributed by atoms with E-state index in [1.165, 1.54) is 0 Å². The highest BCUT2D eigenvalue weighted by Crippen LogP contribution is 2.32. The molecule has 0 aromatic heterocycles. The van der Waals surface area contributed by atoms with Crippen molar-refractivity contribution in [1.29, 1.82) is 0 Å². The largest absolute Gasteiger partial charge is 0.457 e. The van der Waals surface area contributed by atoms with Gasteiger partial charge in [0.25, 0.3) is 0 Å². The predicted octanol–water partition coefficient (Wildman–Crippen LogP) is 8.73. The molecule has 0 heterocycles. The number of rotatable bonds is 7. The van der Waals surface area contributed by atoms with E-state index in [1.54, 1.807) is 0 Å². The van der Waals surface area contributed by atoms with Crippen LogP contribution in [0.3, 0.4) is 0 Å². The number of hydrogen-bond donors (Lipinski definition) is 0. The summed E-state index contributed by atoms with van der Waals surface area (Å²) in [4.78, 5) is 0. The second-order valence-electron chi connectivity index (χ2n) is 7.46. The van der Waals surface area contributed by atoms with Crippen molar-refractivity contribution in [3.8, 4) is 45.6 Å². The first-order valence-electron chi connectivity index (χ1n) is 10.8. The van der Waals surface area contributed by atoms with Gasteiger partial charge in [0.2, 0.25) is 0 Å². The van der Waals surface area contributed by atoms with E-state index in [1.807, 2.05) is 121 Å². The summed E-state index contributed by atoms with van der Waals surface area (Å²) < 4.78 is 18.0.